The zero-order chi connectivity index (χ0) is 18.7. The third kappa shape index (κ3) is 3.84. The van der Waals surface area contributed by atoms with Crippen molar-refractivity contribution in [3.63, 3.8) is 0 Å². The molecule has 0 aliphatic carbocycles. The summed E-state index contributed by atoms with van der Waals surface area (Å²) < 4.78 is 18.3. The second kappa shape index (κ2) is 7.80. The Kier molecular flexibility index (Phi) is 5.49. The molecule has 1 aliphatic rings. The number of ether oxygens (including phenoxy) is 1. The number of halogens is 1. The van der Waals surface area contributed by atoms with E-state index in [0.29, 0.717) is 32.6 Å². The van der Waals surface area contributed by atoms with E-state index in [9.17, 15) is 14.0 Å². The first-order chi connectivity index (χ1) is 12.5. The molecule has 1 fully saturated rings. The Bertz CT molecular complexity index is 892. The van der Waals surface area contributed by atoms with Crippen molar-refractivity contribution in [2.45, 2.75) is 6.92 Å². The highest BCUT2D eigenvalue weighted by Gasteiger charge is 2.33. The standard InChI is InChI=1S/C19H14FNO3S2/c1-2-24-18(23)13-5-9-15(10-6-13)21-17(22)16(26-19(21)25)11-12-3-7-14(20)8-4-12/h3-11H,2H2,1H3/b16-11+. The third-order valence-electron chi connectivity index (χ3n) is 3.60. The molecule has 0 N–H and O–H groups in total. The number of rotatable bonds is 4. The number of hydrogen-bond acceptors (Lipinski definition) is 5. The van der Waals surface area contributed by atoms with E-state index in [1.807, 2.05) is 0 Å². The van der Waals surface area contributed by atoms with E-state index in [0.717, 1.165) is 0 Å². The lowest BCUT2D eigenvalue weighted by Gasteiger charge is -2.14. The van der Waals surface area contributed by atoms with Crippen LogP contribution in [0.2, 0.25) is 0 Å². The molecule has 0 bridgehead atoms. The summed E-state index contributed by atoms with van der Waals surface area (Å²) in [6, 6.07) is 12.3. The zero-order valence-electron chi connectivity index (χ0n) is 13.8. The van der Waals surface area contributed by atoms with Gasteiger partial charge in [0.1, 0.15) is 5.82 Å². The van der Waals surface area contributed by atoms with E-state index in [1.54, 1.807) is 49.4 Å². The predicted molar refractivity (Wildman–Crippen MR) is 104 cm³/mol. The molecule has 0 atom stereocenters. The Labute approximate surface area is 159 Å². The summed E-state index contributed by atoms with van der Waals surface area (Å²) >= 11 is 6.49. The number of carbonyl (C=O) groups is 2. The van der Waals surface area contributed by atoms with Gasteiger partial charge in [0, 0.05) is 0 Å². The second-order valence-electron chi connectivity index (χ2n) is 5.34. The molecule has 132 valence electrons. The van der Waals surface area contributed by atoms with Crippen LogP contribution in [0.25, 0.3) is 6.08 Å². The minimum atomic E-state index is -0.416. The van der Waals surface area contributed by atoms with Crippen molar-refractivity contribution < 1.29 is 18.7 Å². The first-order valence-corrected chi connectivity index (χ1v) is 9.03. The highest BCUT2D eigenvalue weighted by Crippen LogP contribution is 2.36. The van der Waals surface area contributed by atoms with Gasteiger partial charge in [-0.3, -0.25) is 9.69 Å². The largest absolute Gasteiger partial charge is 0.462 e. The summed E-state index contributed by atoms with van der Waals surface area (Å²) in [4.78, 5) is 26.3. The number of nitrogens with zero attached hydrogens (tertiary/aromatic N) is 1. The summed E-state index contributed by atoms with van der Waals surface area (Å²) in [7, 11) is 0. The number of amides is 1. The van der Waals surface area contributed by atoms with Crippen LogP contribution in [-0.2, 0) is 9.53 Å². The number of esters is 1. The number of thiocarbonyl (C=S) groups is 1. The summed E-state index contributed by atoms with van der Waals surface area (Å²) in [5.41, 5.74) is 1.69. The molecule has 4 nitrogen and oxygen atoms in total. The summed E-state index contributed by atoms with van der Waals surface area (Å²) in [6.07, 6.45) is 1.67. The van der Waals surface area contributed by atoms with Gasteiger partial charge in [-0.05, 0) is 55.0 Å². The van der Waals surface area contributed by atoms with Crippen molar-refractivity contribution in [1.82, 2.24) is 0 Å². The smallest absolute Gasteiger partial charge is 0.338 e. The Morgan fingerprint density at radius 3 is 2.46 bits per heavy atom. The molecule has 0 radical (unpaired) electrons. The molecule has 3 rings (SSSR count). The Hall–Kier alpha value is -2.51. The maximum absolute atomic E-state index is 13.0. The minimum Gasteiger partial charge on any atom is -0.462 e. The molecule has 1 aliphatic heterocycles. The number of thioether (sulfide) groups is 1. The Morgan fingerprint density at radius 2 is 1.85 bits per heavy atom. The first-order valence-electron chi connectivity index (χ1n) is 7.80. The van der Waals surface area contributed by atoms with Crippen LogP contribution in [0.3, 0.4) is 0 Å². The molecule has 2 aromatic carbocycles. The lowest BCUT2D eigenvalue weighted by atomic mass is 10.2. The van der Waals surface area contributed by atoms with Crippen molar-refractivity contribution in [1.29, 1.82) is 0 Å². The van der Waals surface area contributed by atoms with E-state index < -0.39 is 5.97 Å². The second-order valence-corrected chi connectivity index (χ2v) is 7.01. The van der Waals surface area contributed by atoms with Gasteiger partial charge in [0.15, 0.2) is 4.32 Å². The van der Waals surface area contributed by atoms with E-state index >= 15 is 0 Å². The van der Waals surface area contributed by atoms with Crippen LogP contribution < -0.4 is 4.90 Å². The van der Waals surface area contributed by atoms with Crippen molar-refractivity contribution in [2.75, 3.05) is 11.5 Å². The van der Waals surface area contributed by atoms with Crippen molar-refractivity contribution >= 4 is 51.9 Å². The molecule has 0 aromatic heterocycles. The van der Waals surface area contributed by atoms with Crippen LogP contribution in [0.5, 0.6) is 0 Å². The zero-order valence-corrected chi connectivity index (χ0v) is 15.4. The van der Waals surface area contributed by atoms with Crippen molar-refractivity contribution in [3.8, 4) is 0 Å². The lowest BCUT2D eigenvalue weighted by molar-refractivity contribution is -0.113. The quantitative estimate of drug-likeness (QED) is 0.442. The number of carbonyl (C=O) groups excluding carboxylic acids is 2. The molecule has 0 spiro atoms. The molecule has 0 saturated carbocycles. The molecule has 26 heavy (non-hydrogen) atoms. The van der Waals surface area contributed by atoms with Gasteiger partial charge in [-0.2, -0.15) is 0 Å². The average Bonchev–Trinajstić information content (AvgIpc) is 2.91. The summed E-state index contributed by atoms with van der Waals surface area (Å²) in [5.74, 6) is -1.01. The molecule has 1 amide bonds. The predicted octanol–water partition coefficient (Wildman–Crippen LogP) is 4.41. The van der Waals surface area contributed by atoms with Gasteiger partial charge >= 0.3 is 5.97 Å². The van der Waals surface area contributed by atoms with Gasteiger partial charge in [0.25, 0.3) is 5.91 Å². The fraction of sp³-hybridized carbons (Fsp3) is 0.105. The van der Waals surface area contributed by atoms with E-state index in [1.165, 1.54) is 28.8 Å². The third-order valence-corrected chi connectivity index (χ3v) is 4.90. The molecule has 0 unspecified atom stereocenters. The first kappa shape index (κ1) is 18.3. The highest BCUT2D eigenvalue weighted by atomic mass is 32.2. The fourth-order valence-corrected chi connectivity index (χ4v) is 3.66. The van der Waals surface area contributed by atoms with E-state index in [4.69, 9.17) is 17.0 Å². The lowest BCUT2D eigenvalue weighted by Crippen LogP contribution is -2.27. The Balaban J connectivity index is 1.83. The van der Waals surface area contributed by atoms with Crippen LogP contribution in [-0.4, -0.2) is 22.8 Å². The number of hydrogen-bond donors (Lipinski definition) is 0. The average molecular weight is 387 g/mol. The van der Waals surface area contributed by atoms with Gasteiger partial charge in [0.05, 0.1) is 22.8 Å². The van der Waals surface area contributed by atoms with Gasteiger partial charge in [-0.25, -0.2) is 9.18 Å². The molecular formula is C19H14FNO3S2. The van der Waals surface area contributed by atoms with Crippen LogP contribution in [0.4, 0.5) is 10.1 Å². The van der Waals surface area contributed by atoms with Crippen molar-refractivity contribution in [3.05, 3.63) is 70.4 Å². The molecule has 7 heteroatoms. The monoisotopic (exact) mass is 387 g/mol. The topological polar surface area (TPSA) is 46.6 Å². The van der Waals surface area contributed by atoms with Gasteiger partial charge < -0.3 is 4.74 Å². The molecule has 1 heterocycles. The SMILES string of the molecule is CCOC(=O)c1ccc(N2C(=O)/C(=C\c3ccc(F)cc3)SC2=S)cc1. The molecule has 2 aromatic rings. The number of anilines is 1. The normalized spacial score (nSPS) is 15.6. The van der Waals surface area contributed by atoms with E-state index in [-0.39, 0.29) is 11.7 Å². The van der Waals surface area contributed by atoms with Crippen LogP contribution in [0, 0.1) is 5.82 Å². The van der Waals surface area contributed by atoms with E-state index in [2.05, 4.69) is 0 Å². The van der Waals surface area contributed by atoms with Gasteiger partial charge in [-0.15, -0.1) is 0 Å². The number of benzene rings is 2. The molecular weight excluding hydrogens is 373 g/mol. The van der Waals surface area contributed by atoms with Crippen molar-refractivity contribution in [2.24, 2.45) is 0 Å². The van der Waals surface area contributed by atoms with Crippen LogP contribution >= 0.6 is 24.0 Å². The summed E-state index contributed by atoms with van der Waals surface area (Å²) in [5, 5.41) is 0. The maximum Gasteiger partial charge on any atom is 0.338 e. The maximum atomic E-state index is 13.0. The molecule has 1 saturated heterocycles. The highest BCUT2D eigenvalue weighted by molar-refractivity contribution is 8.27. The summed E-state index contributed by atoms with van der Waals surface area (Å²) in [6.45, 7) is 2.03. The van der Waals surface area contributed by atoms with Crippen LogP contribution in [0.15, 0.2) is 53.4 Å². The van der Waals surface area contributed by atoms with Crippen LogP contribution in [0.1, 0.15) is 22.8 Å². The fourth-order valence-electron chi connectivity index (χ4n) is 2.36. The van der Waals surface area contributed by atoms with Gasteiger partial charge in [0.2, 0.25) is 0 Å². The minimum absolute atomic E-state index is 0.256. The van der Waals surface area contributed by atoms with Gasteiger partial charge in [-0.1, -0.05) is 36.1 Å². The Morgan fingerprint density at radius 1 is 1.19 bits per heavy atom.